The number of alkyl halides is 3. The van der Waals surface area contributed by atoms with Crippen molar-refractivity contribution in [2.75, 3.05) is 19.6 Å². The highest BCUT2D eigenvalue weighted by Gasteiger charge is 2.42. The second kappa shape index (κ2) is 16.4. The molecule has 1 heterocycles. The Bertz CT molecular complexity index is 875. The van der Waals surface area contributed by atoms with E-state index in [1.54, 1.807) is 0 Å². The fraction of sp³-hybridized carbons (Fsp3) is 0.808. The zero-order valence-corrected chi connectivity index (χ0v) is 23.0. The Morgan fingerprint density at radius 3 is 2.00 bits per heavy atom. The van der Waals surface area contributed by atoms with Crippen molar-refractivity contribution in [3.05, 3.63) is 0 Å². The summed E-state index contributed by atoms with van der Waals surface area (Å²) in [7, 11) is 0. The van der Waals surface area contributed by atoms with Crippen LogP contribution in [0.2, 0.25) is 0 Å². The van der Waals surface area contributed by atoms with E-state index < -0.39 is 42.5 Å². The van der Waals surface area contributed by atoms with E-state index in [1.807, 2.05) is 12.2 Å². The number of hydrogen-bond donors (Lipinski definition) is 6. The van der Waals surface area contributed by atoms with Crippen LogP contribution in [0, 0.1) is 11.8 Å². The van der Waals surface area contributed by atoms with Crippen LogP contribution in [0.5, 0.6) is 0 Å². The van der Waals surface area contributed by atoms with E-state index in [1.165, 1.54) is 0 Å². The Hall–Kier alpha value is -2.90. The predicted molar refractivity (Wildman–Crippen MR) is 140 cm³/mol. The molecule has 3 rings (SSSR count). The minimum Gasteiger partial charge on any atom is -0.356 e. The van der Waals surface area contributed by atoms with Gasteiger partial charge in [0.2, 0.25) is 29.5 Å². The molecule has 3 aliphatic rings. The maximum absolute atomic E-state index is 12.7. The molecule has 7 N–H and O–H groups in total. The fourth-order valence-corrected chi connectivity index (χ4v) is 5.02. The van der Waals surface area contributed by atoms with Crippen LogP contribution in [-0.4, -0.2) is 73.5 Å². The summed E-state index contributed by atoms with van der Waals surface area (Å²) in [6, 6.07) is -3.60. The molecule has 2 saturated carbocycles. The third-order valence-corrected chi connectivity index (χ3v) is 7.47. The van der Waals surface area contributed by atoms with Gasteiger partial charge in [-0.2, -0.15) is 13.2 Å². The molecule has 5 amide bonds. The lowest BCUT2D eigenvalue weighted by molar-refractivity contribution is -0.163. The van der Waals surface area contributed by atoms with Gasteiger partial charge in [-0.15, -0.1) is 0 Å². The predicted octanol–water partition coefficient (Wildman–Crippen LogP) is 0.765. The minimum atomic E-state index is -4.93. The topological polar surface area (TPSA) is 172 Å². The number of carbonyl (C=O) groups excluding carboxylic acids is 5. The molecule has 0 aromatic rings. The molecule has 1 aliphatic heterocycles. The second-order valence-corrected chi connectivity index (χ2v) is 10.8. The van der Waals surface area contributed by atoms with Crippen molar-refractivity contribution in [3.8, 4) is 0 Å². The fourth-order valence-electron chi connectivity index (χ4n) is 5.02. The maximum Gasteiger partial charge on any atom is 0.412 e. The Labute approximate surface area is 232 Å². The summed E-state index contributed by atoms with van der Waals surface area (Å²) in [5, 5.41) is 12.4. The summed E-state index contributed by atoms with van der Waals surface area (Å²) in [4.78, 5) is 59.0. The lowest BCUT2D eigenvalue weighted by atomic mass is 9.84. The number of nitrogens with one attached hydrogen (secondary N) is 5. The molecule has 40 heavy (non-hydrogen) atoms. The summed E-state index contributed by atoms with van der Waals surface area (Å²) >= 11 is 0. The summed E-state index contributed by atoms with van der Waals surface area (Å²) in [6.45, 7) is 1.84. The number of carbonyl (C=O) groups is 5. The van der Waals surface area contributed by atoms with Gasteiger partial charge >= 0.3 is 6.18 Å². The molecule has 3 fully saturated rings. The lowest BCUT2D eigenvalue weighted by Gasteiger charge is -2.27. The lowest BCUT2D eigenvalue weighted by Crippen LogP contribution is -2.54. The molecule has 2 aliphatic carbocycles. The molecular formula is C26H43F3N6O5. The third-order valence-electron chi connectivity index (χ3n) is 7.47. The zero-order valence-electron chi connectivity index (χ0n) is 23.0. The van der Waals surface area contributed by atoms with Gasteiger partial charge in [-0.05, 0) is 31.6 Å². The van der Waals surface area contributed by atoms with E-state index in [9.17, 15) is 37.1 Å². The summed E-state index contributed by atoms with van der Waals surface area (Å²) < 4.78 is 37.5. The van der Waals surface area contributed by atoms with Crippen LogP contribution in [0.1, 0.15) is 77.6 Å². The number of amides is 5. The smallest absolute Gasteiger partial charge is 0.356 e. The summed E-state index contributed by atoms with van der Waals surface area (Å²) in [5.74, 6) is -2.53. The third kappa shape index (κ3) is 12.1. The van der Waals surface area contributed by atoms with E-state index >= 15 is 0 Å². The molecule has 0 aromatic heterocycles. The van der Waals surface area contributed by atoms with Crippen molar-refractivity contribution in [3.63, 3.8) is 0 Å². The average molecular weight is 577 g/mol. The number of hydrogen-bond acceptors (Lipinski definition) is 6. The van der Waals surface area contributed by atoms with Crippen LogP contribution in [0.4, 0.5) is 13.2 Å². The van der Waals surface area contributed by atoms with Crippen LogP contribution in [-0.2, 0) is 24.0 Å². The molecule has 1 saturated heterocycles. The Balaban J connectivity index is 0.000000693. The first-order chi connectivity index (χ1) is 18.9. The van der Waals surface area contributed by atoms with Crippen LogP contribution >= 0.6 is 0 Å². The summed E-state index contributed by atoms with van der Waals surface area (Å²) in [5.41, 5.74) is 4.81. The average Bonchev–Trinajstić information content (AvgIpc) is 3.56. The van der Waals surface area contributed by atoms with Crippen LogP contribution < -0.4 is 32.3 Å². The second-order valence-electron chi connectivity index (χ2n) is 10.8. The van der Waals surface area contributed by atoms with Gasteiger partial charge in [0.15, 0.2) is 6.04 Å². The van der Waals surface area contributed by atoms with E-state index in [4.69, 9.17) is 5.73 Å². The van der Waals surface area contributed by atoms with Gasteiger partial charge in [-0.1, -0.05) is 51.9 Å². The molecule has 0 bridgehead atoms. The number of nitrogens with two attached hydrogens (primary N) is 1. The van der Waals surface area contributed by atoms with Crippen LogP contribution in [0.3, 0.4) is 0 Å². The molecule has 3 unspecified atom stereocenters. The van der Waals surface area contributed by atoms with Crippen molar-refractivity contribution in [2.24, 2.45) is 17.6 Å². The SMILES string of the molecule is CC1CCNC1=O.NC(C(=O)NCC(=O)NC(CC1CCCCC1)C(=O)NCC(=O)NC1CCCC1)C(F)(F)F. The molecule has 3 atom stereocenters. The maximum atomic E-state index is 12.7. The van der Waals surface area contributed by atoms with Crippen molar-refractivity contribution in [2.45, 2.75) is 102 Å². The van der Waals surface area contributed by atoms with Gasteiger partial charge < -0.3 is 32.3 Å². The molecule has 14 heteroatoms. The van der Waals surface area contributed by atoms with Crippen molar-refractivity contribution >= 4 is 29.5 Å². The highest BCUT2D eigenvalue weighted by atomic mass is 19.4. The highest BCUT2D eigenvalue weighted by Crippen LogP contribution is 2.27. The quantitative estimate of drug-likeness (QED) is 0.224. The van der Waals surface area contributed by atoms with Crippen molar-refractivity contribution in [1.82, 2.24) is 26.6 Å². The Morgan fingerprint density at radius 1 is 0.900 bits per heavy atom. The number of rotatable bonds is 10. The van der Waals surface area contributed by atoms with Crippen LogP contribution in [0.15, 0.2) is 0 Å². The first kappa shape index (κ1) is 33.3. The van der Waals surface area contributed by atoms with Gasteiger partial charge in [-0.25, -0.2) is 0 Å². The van der Waals surface area contributed by atoms with Gasteiger partial charge in [0.25, 0.3) is 0 Å². The van der Waals surface area contributed by atoms with Gasteiger partial charge in [-0.3, -0.25) is 24.0 Å². The summed E-state index contributed by atoms with van der Waals surface area (Å²) in [6.07, 6.45) is 5.29. The Morgan fingerprint density at radius 2 is 1.48 bits per heavy atom. The van der Waals surface area contributed by atoms with Gasteiger partial charge in [0.1, 0.15) is 6.04 Å². The van der Waals surface area contributed by atoms with Crippen molar-refractivity contribution in [1.29, 1.82) is 0 Å². The Kier molecular flexibility index (Phi) is 13.6. The normalized spacial score (nSPS) is 21.3. The first-order valence-electron chi connectivity index (χ1n) is 14.1. The molecule has 0 radical (unpaired) electrons. The minimum absolute atomic E-state index is 0.110. The van der Waals surface area contributed by atoms with Crippen molar-refractivity contribution < 1.29 is 37.1 Å². The highest BCUT2D eigenvalue weighted by molar-refractivity contribution is 5.92. The van der Waals surface area contributed by atoms with E-state index in [0.717, 1.165) is 70.8 Å². The molecule has 228 valence electrons. The molecule has 11 nitrogen and oxygen atoms in total. The van der Waals surface area contributed by atoms with Gasteiger partial charge in [0.05, 0.1) is 13.1 Å². The van der Waals surface area contributed by atoms with E-state index in [-0.39, 0.29) is 36.2 Å². The number of halogens is 3. The molecule has 0 spiro atoms. The molecular weight excluding hydrogens is 533 g/mol. The first-order valence-corrected chi connectivity index (χ1v) is 14.1. The monoisotopic (exact) mass is 576 g/mol. The van der Waals surface area contributed by atoms with Crippen LogP contribution in [0.25, 0.3) is 0 Å². The zero-order chi connectivity index (χ0) is 29.7. The van der Waals surface area contributed by atoms with E-state index in [2.05, 4.69) is 21.3 Å². The van der Waals surface area contributed by atoms with Gasteiger partial charge in [0, 0.05) is 18.5 Å². The van der Waals surface area contributed by atoms with E-state index in [0.29, 0.717) is 6.42 Å². The molecule has 0 aromatic carbocycles. The standard InChI is InChI=1S/C21H34F3N5O4.C5H9NO/c22-21(23,24)18(25)20(33)27-12-17(31)29-15(10-13-6-2-1-3-7-13)19(32)26-11-16(30)28-14-8-4-5-9-14;1-4-2-3-6-5(4)7/h13-15,18H,1-12,25H2,(H,26,32)(H,27,33)(H,28,30)(H,29,31);4H,2-3H2,1H3,(H,6,7). The largest absolute Gasteiger partial charge is 0.412 e.